The number of hydrogen-bond donors (Lipinski definition) is 2. The Hall–Kier alpha value is -2.41. The summed E-state index contributed by atoms with van der Waals surface area (Å²) in [6, 6.07) is 9.56. The third-order valence-electron chi connectivity index (χ3n) is 4.26. The van der Waals surface area contributed by atoms with E-state index in [0.29, 0.717) is 5.69 Å². The summed E-state index contributed by atoms with van der Waals surface area (Å²) in [6.07, 6.45) is 3.04. The molecule has 122 valence electrons. The average Bonchev–Trinajstić information content (AvgIpc) is 3.27. The highest BCUT2D eigenvalue weighted by Gasteiger charge is 2.23. The van der Waals surface area contributed by atoms with Gasteiger partial charge in [-0.2, -0.15) is 10.2 Å². The van der Waals surface area contributed by atoms with Crippen LogP contribution in [0.2, 0.25) is 0 Å². The summed E-state index contributed by atoms with van der Waals surface area (Å²) in [4.78, 5) is 12.5. The van der Waals surface area contributed by atoms with Gasteiger partial charge in [-0.1, -0.05) is 28.1 Å². The number of benzene rings is 1. The quantitative estimate of drug-likeness (QED) is 0.725. The minimum absolute atomic E-state index is 0.205. The van der Waals surface area contributed by atoms with Crippen LogP contribution in [0.15, 0.2) is 34.8 Å². The number of amides is 1. The van der Waals surface area contributed by atoms with E-state index in [1.807, 2.05) is 31.3 Å². The van der Waals surface area contributed by atoms with Crippen molar-refractivity contribution >= 4 is 27.7 Å². The summed E-state index contributed by atoms with van der Waals surface area (Å²) in [7, 11) is 1.86. The molecule has 24 heavy (non-hydrogen) atoms. The van der Waals surface area contributed by atoms with Crippen molar-refractivity contribution in [2.75, 3.05) is 5.32 Å². The van der Waals surface area contributed by atoms with Gasteiger partial charge in [0.25, 0.3) is 5.91 Å². The van der Waals surface area contributed by atoms with Gasteiger partial charge in [-0.05, 0) is 37.5 Å². The van der Waals surface area contributed by atoms with Crippen LogP contribution in [0.4, 0.5) is 5.82 Å². The number of aromatic nitrogens is 4. The number of aromatic amines is 1. The molecular formula is C17H16BrN5O. The predicted molar refractivity (Wildman–Crippen MR) is 94.9 cm³/mol. The lowest BCUT2D eigenvalue weighted by Gasteiger charge is -2.06. The third kappa shape index (κ3) is 2.65. The van der Waals surface area contributed by atoms with Gasteiger partial charge in [0.05, 0.1) is 11.4 Å². The molecule has 2 N–H and O–H groups in total. The smallest absolute Gasteiger partial charge is 0.274 e. The number of H-pyrrole nitrogens is 1. The first kappa shape index (κ1) is 15.1. The summed E-state index contributed by atoms with van der Waals surface area (Å²) >= 11 is 3.41. The summed E-state index contributed by atoms with van der Waals surface area (Å²) < 4.78 is 2.75. The predicted octanol–water partition coefficient (Wildman–Crippen LogP) is 3.31. The van der Waals surface area contributed by atoms with E-state index in [1.165, 1.54) is 0 Å². The van der Waals surface area contributed by atoms with Gasteiger partial charge in [0.15, 0.2) is 0 Å². The van der Waals surface area contributed by atoms with Crippen molar-refractivity contribution in [3.8, 4) is 11.3 Å². The van der Waals surface area contributed by atoms with E-state index in [1.54, 1.807) is 10.7 Å². The Labute approximate surface area is 147 Å². The molecule has 1 aliphatic rings. The first-order chi connectivity index (χ1) is 11.6. The van der Waals surface area contributed by atoms with Gasteiger partial charge in [0, 0.05) is 22.6 Å². The van der Waals surface area contributed by atoms with E-state index in [9.17, 15) is 4.79 Å². The molecule has 6 nitrogen and oxygen atoms in total. The summed E-state index contributed by atoms with van der Waals surface area (Å²) in [6.45, 7) is 0. The second-order valence-electron chi connectivity index (χ2n) is 5.88. The van der Waals surface area contributed by atoms with Crippen molar-refractivity contribution in [2.45, 2.75) is 19.3 Å². The number of carbonyl (C=O) groups is 1. The zero-order chi connectivity index (χ0) is 16.7. The number of aryl methyl sites for hydroxylation is 2. The second kappa shape index (κ2) is 5.90. The van der Waals surface area contributed by atoms with Crippen LogP contribution in [-0.4, -0.2) is 25.9 Å². The molecule has 1 aliphatic carbocycles. The molecule has 0 radical (unpaired) electrons. The maximum Gasteiger partial charge on any atom is 0.274 e. The standard InChI is InChI=1S/C17H16BrN5O/c1-23-16(12-3-2-4-13(12)22-23)19-17(24)15-9-14(20-21-15)10-5-7-11(18)8-6-10/h5-9H,2-4H2,1H3,(H,19,24)(H,20,21). The van der Waals surface area contributed by atoms with E-state index in [4.69, 9.17) is 0 Å². The van der Waals surface area contributed by atoms with E-state index in [2.05, 4.69) is 36.5 Å². The lowest BCUT2D eigenvalue weighted by atomic mass is 10.1. The van der Waals surface area contributed by atoms with E-state index >= 15 is 0 Å². The SMILES string of the molecule is Cn1nc2c(c1NC(=O)c1cc(-c3ccc(Br)cc3)n[nH]1)CCC2. The normalized spacial score (nSPS) is 13.1. The van der Waals surface area contributed by atoms with Crippen LogP contribution >= 0.6 is 15.9 Å². The Balaban J connectivity index is 1.57. The van der Waals surface area contributed by atoms with Crippen LogP contribution in [0.3, 0.4) is 0 Å². The molecule has 0 saturated heterocycles. The number of carbonyl (C=O) groups excluding carboxylic acids is 1. The van der Waals surface area contributed by atoms with Gasteiger partial charge in [0.1, 0.15) is 11.5 Å². The number of anilines is 1. The molecule has 1 aromatic carbocycles. The minimum Gasteiger partial charge on any atom is -0.305 e. The maximum atomic E-state index is 12.5. The highest BCUT2D eigenvalue weighted by atomic mass is 79.9. The number of rotatable bonds is 3. The molecule has 0 aliphatic heterocycles. The van der Waals surface area contributed by atoms with E-state index < -0.39 is 0 Å². The Kier molecular flexibility index (Phi) is 3.72. The fourth-order valence-corrected chi connectivity index (χ4v) is 3.32. The lowest BCUT2D eigenvalue weighted by molar-refractivity contribution is 0.102. The van der Waals surface area contributed by atoms with Crippen LogP contribution in [0.5, 0.6) is 0 Å². The highest BCUT2D eigenvalue weighted by molar-refractivity contribution is 9.10. The summed E-state index contributed by atoms with van der Waals surface area (Å²) in [5.74, 6) is 0.579. The van der Waals surface area contributed by atoms with Crippen LogP contribution in [0.25, 0.3) is 11.3 Å². The van der Waals surface area contributed by atoms with Crippen molar-refractivity contribution in [2.24, 2.45) is 7.05 Å². The monoisotopic (exact) mass is 385 g/mol. The number of nitrogens with one attached hydrogen (secondary N) is 2. The Morgan fingerprint density at radius 3 is 2.88 bits per heavy atom. The molecular weight excluding hydrogens is 370 g/mol. The number of fused-ring (bicyclic) bond motifs is 1. The van der Waals surface area contributed by atoms with Crippen LogP contribution in [-0.2, 0) is 19.9 Å². The lowest BCUT2D eigenvalue weighted by Crippen LogP contribution is -2.16. The molecule has 7 heteroatoms. The van der Waals surface area contributed by atoms with Gasteiger partial charge >= 0.3 is 0 Å². The fraction of sp³-hybridized carbons (Fsp3) is 0.235. The minimum atomic E-state index is -0.205. The van der Waals surface area contributed by atoms with Crippen molar-refractivity contribution in [3.63, 3.8) is 0 Å². The zero-order valence-electron chi connectivity index (χ0n) is 13.1. The summed E-state index contributed by atoms with van der Waals surface area (Å²) in [5, 5.41) is 14.5. The maximum absolute atomic E-state index is 12.5. The molecule has 2 heterocycles. The first-order valence-corrected chi connectivity index (χ1v) is 8.58. The van der Waals surface area contributed by atoms with Crippen molar-refractivity contribution in [3.05, 3.63) is 51.8 Å². The largest absolute Gasteiger partial charge is 0.305 e. The molecule has 0 spiro atoms. The van der Waals surface area contributed by atoms with Crippen molar-refractivity contribution in [1.29, 1.82) is 0 Å². The second-order valence-corrected chi connectivity index (χ2v) is 6.79. The zero-order valence-corrected chi connectivity index (χ0v) is 14.7. The molecule has 0 saturated carbocycles. The Morgan fingerprint density at radius 1 is 1.29 bits per heavy atom. The summed E-state index contributed by atoms with van der Waals surface area (Å²) in [5.41, 5.74) is 4.37. The third-order valence-corrected chi connectivity index (χ3v) is 4.79. The van der Waals surface area contributed by atoms with Crippen LogP contribution in [0.1, 0.15) is 28.2 Å². The molecule has 2 aromatic heterocycles. The molecule has 0 bridgehead atoms. The van der Waals surface area contributed by atoms with Crippen molar-refractivity contribution < 1.29 is 4.79 Å². The molecule has 0 unspecified atom stereocenters. The van der Waals surface area contributed by atoms with E-state index in [-0.39, 0.29) is 5.91 Å². The van der Waals surface area contributed by atoms with Gasteiger partial charge in [0.2, 0.25) is 0 Å². The van der Waals surface area contributed by atoms with Crippen LogP contribution < -0.4 is 5.32 Å². The average molecular weight is 386 g/mol. The van der Waals surface area contributed by atoms with Crippen molar-refractivity contribution in [1.82, 2.24) is 20.0 Å². The molecule has 4 rings (SSSR count). The molecule has 0 fully saturated rings. The molecule has 3 aromatic rings. The molecule has 1 amide bonds. The van der Waals surface area contributed by atoms with E-state index in [0.717, 1.165) is 52.1 Å². The highest BCUT2D eigenvalue weighted by Crippen LogP contribution is 2.28. The number of hydrogen-bond acceptors (Lipinski definition) is 3. The first-order valence-electron chi connectivity index (χ1n) is 7.79. The topological polar surface area (TPSA) is 75.6 Å². The number of halogens is 1. The number of nitrogens with zero attached hydrogens (tertiary/aromatic N) is 3. The Bertz CT molecular complexity index is 910. The van der Waals surface area contributed by atoms with Gasteiger partial charge in [-0.3, -0.25) is 14.6 Å². The molecule has 0 atom stereocenters. The van der Waals surface area contributed by atoms with Gasteiger partial charge < -0.3 is 5.32 Å². The van der Waals surface area contributed by atoms with Crippen LogP contribution in [0, 0.1) is 0 Å². The van der Waals surface area contributed by atoms with Gasteiger partial charge in [-0.25, -0.2) is 0 Å². The fourth-order valence-electron chi connectivity index (χ4n) is 3.06. The Morgan fingerprint density at radius 2 is 2.08 bits per heavy atom. The van der Waals surface area contributed by atoms with Gasteiger partial charge in [-0.15, -0.1) is 0 Å².